The summed E-state index contributed by atoms with van der Waals surface area (Å²) in [5.74, 6) is 0. The first-order valence-electron chi connectivity index (χ1n) is 5.01. The molecular weight excluding hydrogens is 202 g/mol. The number of aromatic nitrogens is 2. The van der Waals surface area contributed by atoms with Crippen LogP contribution < -0.4 is 5.73 Å². The van der Waals surface area contributed by atoms with E-state index < -0.39 is 0 Å². The average Bonchev–Trinajstić information content (AvgIpc) is 2.85. The fraction of sp³-hybridized carbons (Fsp3) is 0.0833. The summed E-state index contributed by atoms with van der Waals surface area (Å²) in [6, 6.07) is 7.91. The van der Waals surface area contributed by atoms with Crippen molar-refractivity contribution in [3.05, 3.63) is 36.7 Å². The molecule has 3 aromatic rings. The molecule has 0 atom stereocenters. The lowest BCUT2D eigenvalue weighted by Gasteiger charge is -2.03. The van der Waals surface area contributed by atoms with Crippen LogP contribution in [0.25, 0.3) is 22.2 Å². The summed E-state index contributed by atoms with van der Waals surface area (Å²) in [7, 11) is 1.88. The molecule has 0 aliphatic carbocycles. The quantitative estimate of drug-likeness (QED) is 0.675. The molecule has 0 aliphatic rings. The summed E-state index contributed by atoms with van der Waals surface area (Å²) >= 11 is 0. The Morgan fingerprint density at radius 3 is 2.94 bits per heavy atom. The Hall–Kier alpha value is -2.23. The highest BCUT2D eigenvalue weighted by Gasteiger charge is 2.09. The average molecular weight is 213 g/mol. The highest BCUT2D eigenvalue weighted by molar-refractivity contribution is 5.85. The van der Waals surface area contributed by atoms with Crippen LogP contribution in [0, 0.1) is 0 Å². The van der Waals surface area contributed by atoms with Gasteiger partial charge >= 0.3 is 0 Å². The molecule has 0 bridgehead atoms. The van der Waals surface area contributed by atoms with E-state index >= 15 is 0 Å². The normalized spacial score (nSPS) is 11.1. The Morgan fingerprint density at radius 2 is 2.19 bits per heavy atom. The number of aryl methyl sites for hydroxylation is 1. The molecule has 0 amide bonds. The Balaban J connectivity index is 2.25. The lowest BCUT2D eigenvalue weighted by Crippen LogP contribution is -1.95. The Labute approximate surface area is 92.3 Å². The molecule has 2 heterocycles. The van der Waals surface area contributed by atoms with Crippen LogP contribution in [0.2, 0.25) is 0 Å². The van der Waals surface area contributed by atoms with E-state index in [4.69, 9.17) is 10.2 Å². The number of rotatable bonds is 1. The zero-order chi connectivity index (χ0) is 11.1. The van der Waals surface area contributed by atoms with Crippen molar-refractivity contribution in [1.29, 1.82) is 0 Å². The first kappa shape index (κ1) is 9.03. The zero-order valence-corrected chi connectivity index (χ0v) is 8.84. The number of anilines is 1. The Morgan fingerprint density at radius 1 is 1.31 bits per heavy atom. The maximum atomic E-state index is 5.89. The van der Waals surface area contributed by atoms with Gasteiger partial charge in [-0.2, -0.15) is 5.10 Å². The number of benzene rings is 1. The number of hydrogen-bond donors (Lipinski definition) is 1. The molecule has 1 aromatic carbocycles. The number of hydrogen-bond acceptors (Lipinski definition) is 3. The second kappa shape index (κ2) is 3.13. The number of fused-ring (bicyclic) bond motifs is 1. The van der Waals surface area contributed by atoms with Crippen LogP contribution in [0.1, 0.15) is 0 Å². The molecule has 0 saturated carbocycles. The number of nitrogen functional groups attached to an aromatic ring is 1. The predicted octanol–water partition coefficient (Wildman–Crippen LogP) is 2.42. The van der Waals surface area contributed by atoms with E-state index in [1.54, 1.807) is 17.1 Å². The molecular formula is C12H11N3O. The lowest BCUT2D eigenvalue weighted by atomic mass is 10.1. The fourth-order valence-electron chi connectivity index (χ4n) is 1.92. The van der Waals surface area contributed by atoms with Gasteiger partial charge in [-0.25, -0.2) is 0 Å². The second-order valence-corrected chi connectivity index (χ2v) is 3.75. The second-order valence-electron chi connectivity index (χ2n) is 3.75. The van der Waals surface area contributed by atoms with E-state index in [0.717, 1.165) is 22.2 Å². The minimum absolute atomic E-state index is 0.686. The SMILES string of the molecule is Cn1ncc(N)c1-c1ccc2occc2c1. The van der Waals surface area contributed by atoms with Gasteiger partial charge in [0.15, 0.2) is 0 Å². The van der Waals surface area contributed by atoms with Crippen molar-refractivity contribution >= 4 is 16.7 Å². The van der Waals surface area contributed by atoms with Crippen molar-refractivity contribution in [2.24, 2.45) is 7.05 Å². The van der Waals surface area contributed by atoms with Crippen LogP contribution in [0.4, 0.5) is 5.69 Å². The van der Waals surface area contributed by atoms with E-state index in [9.17, 15) is 0 Å². The number of furan rings is 1. The van der Waals surface area contributed by atoms with Crippen molar-refractivity contribution < 1.29 is 4.42 Å². The maximum absolute atomic E-state index is 5.89. The highest BCUT2D eigenvalue weighted by Crippen LogP contribution is 2.28. The van der Waals surface area contributed by atoms with Crippen LogP contribution in [-0.2, 0) is 7.05 Å². The minimum atomic E-state index is 0.686. The van der Waals surface area contributed by atoms with Crippen LogP contribution in [-0.4, -0.2) is 9.78 Å². The summed E-state index contributed by atoms with van der Waals surface area (Å²) < 4.78 is 7.07. The van der Waals surface area contributed by atoms with Gasteiger partial charge in [-0.1, -0.05) is 0 Å². The van der Waals surface area contributed by atoms with E-state index in [0.29, 0.717) is 5.69 Å². The number of nitrogens with zero attached hydrogens (tertiary/aromatic N) is 2. The Kier molecular flexibility index (Phi) is 1.77. The summed E-state index contributed by atoms with van der Waals surface area (Å²) in [5, 5.41) is 5.20. The van der Waals surface area contributed by atoms with E-state index in [2.05, 4.69) is 5.10 Å². The third kappa shape index (κ3) is 1.20. The molecule has 0 radical (unpaired) electrons. The van der Waals surface area contributed by atoms with Crippen LogP contribution in [0.15, 0.2) is 41.1 Å². The van der Waals surface area contributed by atoms with Gasteiger partial charge in [0.05, 0.1) is 23.8 Å². The molecule has 80 valence electrons. The molecule has 0 unspecified atom stereocenters. The lowest BCUT2D eigenvalue weighted by molar-refractivity contribution is 0.616. The highest BCUT2D eigenvalue weighted by atomic mass is 16.3. The van der Waals surface area contributed by atoms with Crippen molar-refractivity contribution in [2.45, 2.75) is 0 Å². The van der Waals surface area contributed by atoms with Gasteiger partial charge < -0.3 is 10.2 Å². The first-order chi connectivity index (χ1) is 7.75. The smallest absolute Gasteiger partial charge is 0.133 e. The zero-order valence-electron chi connectivity index (χ0n) is 8.84. The van der Waals surface area contributed by atoms with Crippen LogP contribution in [0.3, 0.4) is 0 Å². The molecule has 3 rings (SSSR count). The van der Waals surface area contributed by atoms with Gasteiger partial charge in [0.1, 0.15) is 5.58 Å². The summed E-state index contributed by atoms with van der Waals surface area (Å²) in [6.07, 6.45) is 3.34. The summed E-state index contributed by atoms with van der Waals surface area (Å²) in [6.45, 7) is 0. The third-order valence-electron chi connectivity index (χ3n) is 2.69. The number of nitrogens with two attached hydrogens (primary N) is 1. The van der Waals surface area contributed by atoms with Crippen molar-refractivity contribution in [2.75, 3.05) is 5.73 Å². The van der Waals surface area contributed by atoms with Gasteiger partial charge in [-0.3, -0.25) is 4.68 Å². The fourth-order valence-corrected chi connectivity index (χ4v) is 1.92. The minimum Gasteiger partial charge on any atom is -0.464 e. The van der Waals surface area contributed by atoms with Gasteiger partial charge in [-0.15, -0.1) is 0 Å². The molecule has 0 spiro atoms. The van der Waals surface area contributed by atoms with Crippen molar-refractivity contribution in [1.82, 2.24) is 9.78 Å². The predicted molar refractivity (Wildman–Crippen MR) is 62.8 cm³/mol. The third-order valence-corrected chi connectivity index (χ3v) is 2.69. The van der Waals surface area contributed by atoms with Crippen LogP contribution in [0.5, 0.6) is 0 Å². The first-order valence-corrected chi connectivity index (χ1v) is 5.01. The van der Waals surface area contributed by atoms with Crippen LogP contribution >= 0.6 is 0 Å². The Bertz CT molecular complexity index is 632. The van der Waals surface area contributed by atoms with E-state index in [1.807, 2.05) is 31.3 Å². The van der Waals surface area contributed by atoms with Gasteiger partial charge in [-0.05, 0) is 24.3 Å². The van der Waals surface area contributed by atoms with Gasteiger partial charge in [0.25, 0.3) is 0 Å². The molecule has 2 N–H and O–H groups in total. The van der Waals surface area contributed by atoms with E-state index in [-0.39, 0.29) is 0 Å². The van der Waals surface area contributed by atoms with Gasteiger partial charge in [0.2, 0.25) is 0 Å². The topological polar surface area (TPSA) is 57.0 Å². The molecule has 4 nitrogen and oxygen atoms in total. The standard InChI is InChI=1S/C12H11N3O/c1-15-12(10(13)7-14-15)9-2-3-11-8(6-9)4-5-16-11/h2-7H,13H2,1H3. The monoisotopic (exact) mass is 213 g/mol. The summed E-state index contributed by atoms with van der Waals surface area (Å²) in [5.41, 5.74) is 9.43. The van der Waals surface area contributed by atoms with Crippen molar-refractivity contribution in [3.63, 3.8) is 0 Å². The largest absolute Gasteiger partial charge is 0.464 e. The molecule has 0 saturated heterocycles. The molecule has 16 heavy (non-hydrogen) atoms. The molecule has 2 aromatic heterocycles. The van der Waals surface area contributed by atoms with Crippen molar-refractivity contribution in [3.8, 4) is 11.3 Å². The molecule has 0 aliphatic heterocycles. The maximum Gasteiger partial charge on any atom is 0.133 e. The molecule has 0 fully saturated rings. The summed E-state index contributed by atoms with van der Waals surface area (Å²) in [4.78, 5) is 0. The van der Waals surface area contributed by atoms with E-state index in [1.165, 1.54) is 0 Å². The van der Waals surface area contributed by atoms with Gasteiger partial charge in [0, 0.05) is 18.0 Å². The molecule has 4 heteroatoms.